The highest BCUT2D eigenvalue weighted by molar-refractivity contribution is 7.07. The number of amides is 1. The molecule has 0 radical (unpaired) electrons. The summed E-state index contributed by atoms with van der Waals surface area (Å²) >= 11 is 7.08. The first kappa shape index (κ1) is 23.2. The van der Waals surface area contributed by atoms with Gasteiger partial charge in [0.15, 0.2) is 5.57 Å². The van der Waals surface area contributed by atoms with E-state index in [0.29, 0.717) is 28.2 Å². The fraction of sp³-hybridized carbons (Fsp3) is 0.0741. The number of para-hydroxylation sites is 1. The predicted molar refractivity (Wildman–Crippen MR) is 136 cm³/mol. The Bertz CT molecular complexity index is 1520. The van der Waals surface area contributed by atoms with Crippen molar-refractivity contribution >= 4 is 40.5 Å². The molecule has 1 aromatic heterocycles. The second-order valence-corrected chi connectivity index (χ2v) is 8.89. The van der Waals surface area contributed by atoms with Crippen molar-refractivity contribution in [2.75, 3.05) is 6.54 Å². The van der Waals surface area contributed by atoms with Crippen molar-refractivity contribution in [3.8, 4) is 11.8 Å². The van der Waals surface area contributed by atoms with Crippen LogP contribution in [0.25, 0.3) is 17.3 Å². The van der Waals surface area contributed by atoms with Crippen molar-refractivity contribution in [3.63, 3.8) is 0 Å². The number of rotatable bonds is 6. The van der Waals surface area contributed by atoms with Gasteiger partial charge in [0, 0.05) is 11.6 Å². The normalized spacial score (nSPS) is 12.2. The third-order valence-electron chi connectivity index (χ3n) is 5.10. The van der Waals surface area contributed by atoms with E-state index >= 15 is 0 Å². The third-order valence-corrected chi connectivity index (χ3v) is 6.44. The lowest BCUT2D eigenvalue weighted by Gasteiger charge is -2.06. The largest absolute Gasteiger partial charge is 0.351 e. The van der Waals surface area contributed by atoms with Crippen molar-refractivity contribution in [2.45, 2.75) is 6.42 Å². The molecule has 5 nitrogen and oxygen atoms in total. The zero-order chi connectivity index (χ0) is 23.9. The molecule has 0 fully saturated rings. The van der Waals surface area contributed by atoms with E-state index in [1.54, 1.807) is 54.6 Å². The van der Waals surface area contributed by atoms with Crippen LogP contribution in [-0.2, 0) is 11.2 Å². The molecular weight excluding hydrogens is 466 g/mol. The lowest BCUT2D eigenvalue weighted by atomic mass is 10.1. The summed E-state index contributed by atoms with van der Waals surface area (Å²) in [5.41, 5.74) is 2.05. The second kappa shape index (κ2) is 10.8. The van der Waals surface area contributed by atoms with Gasteiger partial charge in [0.1, 0.15) is 10.7 Å². The van der Waals surface area contributed by atoms with Gasteiger partial charge >= 0.3 is 0 Å². The molecule has 3 aromatic carbocycles. The Balaban J connectivity index is 1.79. The molecule has 0 saturated heterocycles. The molecule has 0 bridgehead atoms. The highest BCUT2D eigenvalue weighted by Gasteiger charge is 2.16. The number of carbonyl (C=O) groups excluding carboxylic acids is 1. The predicted octanol–water partition coefficient (Wildman–Crippen LogP) is 3.41. The number of halogens is 1. The summed E-state index contributed by atoms with van der Waals surface area (Å²) < 4.78 is 2.11. The topological polar surface area (TPSA) is 74.9 Å². The minimum Gasteiger partial charge on any atom is -0.351 e. The van der Waals surface area contributed by atoms with Gasteiger partial charge in [0.25, 0.3) is 11.5 Å². The molecule has 0 atom stereocenters. The Kier molecular flexibility index (Phi) is 7.38. The van der Waals surface area contributed by atoms with Gasteiger partial charge in [-0.05, 0) is 47.9 Å². The molecular formula is C27H20ClN3O2S. The fourth-order valence-corrected chi connectivity index (χ4v) is 4.65. The molecule has 4 rings (SSSR count). The average Bonchev–Trinajstić information content (AvgIpc) is 3.17. The van der Waals surface area contributed by atoms with Crippen LogP contribution in [0.2, 0.25) is 5.02 Å². The number of nitriles is 1. The Hall–Kier alpha value is -3.92. The van der Waals surface area contributed by atoms with Gasteiger partial charge in [-0.25, -0.2) is 0 Å². The van der Waals surface area contributed by atoms with Crippen molar-refractivity contribution in [1.82, 2.24) is 9.88 Å². The molecule has 1 heterocycles. The van der Waals surface area contributed by atoms with Crippen LogP contribution in [0.15, 0.2) is 89.7 Å². The van der Waals surface area contributed by atoms with Crippen LogP contribution < -0.4 is 20.1 Å². The summed E-state index contributed by atoms with van der Waals surface area (Å²) in [5, 5.41) is 13.3. The Labute approximate surface area is 205 Å². The standard InChI is InChI=1S/C27H20ClN3O2S/c28-21-13-11-20(12-14-21)17-24-26(33)31(22-9-5-2-6-10-22)27(34-24)23(18-29)25(32)30-16-15-19-7-3-1-4-8-19/h1-14,17H,15-16H2,(H,30,32). The molecule has 0 spiro atoms. The van der Waals surface area contributed by atoms with Gasteiger partial charge in [0.2, 0.25) is 0 Å². The Morgan fingerprint density at radius 1 is 1.00 bits per heavy atom. The Morgan fingerprint density at radius 3 is 2.29 bits per heavy atom. The van der Waals surface area contributed by atoms with E-state index in [2.05, 4.69) is 5.32 Å². The summed E-state index contributed by atoms with van der Waals surface area (Å²) in [5.74, 6) is -0.512. The number of nitrogens with one attached hydrogen (secondary N) is 1. The highest BCUT2D eigenvalue weighted by Crippen LogP contribution is 2.10. The molecule has 0 aliphatic carbocycles. The maximum atomic E-state index is 13.4. The molecule has 7 heteroatoms. The van der Waals surface area contributed by atoms with Gasteiger partial charge in [-0.2, -0.15) is 5.26 Å². The van der Waals surface area contributed by atoms with E-state index in [0.717, 1.165) is 22.5 Å². The summed E-state index contributed by atoms with van der Waals surface area (Å²) in [6, 6.07) is 27.9. The fourth-order valence-electron chi connectivity index (χ4n) is 3.42. The number of aromatic nitrogens is 1. The van der Waals surface area contributed by atoms with Crippen molar-refractivity contribution in [3.05, 3.63) is 121 Å². The van der Waals surface area contributed by atoms with Gasteiger partial charge in [-0.3, -0.25) is 14.2 Å². The van der Waals surface area contributed by atoms with E-state index in [4.69, 9.17) is 11.6 Å². The molecule has 1 N–H and O–H groups in total. The molecule has 34 heavy (non-hydrogen) atoms. The first-order valence-electron chi connectivity index (χ1n) is 10.6. The summed E-state index contributed by atoms with van der Waals surface area (Å²) in [4.78, 5) is 26.3. The molecule has 4 aromatic rings. The highest BCUT2D eigenvalue weighted by atomic mass is 35.5. The van der Waals surface area contributed by atoms with E-state index < -0.39 is 5.91 Å². The van der Waals surface area contributed by atoms with Crippen LogP contribution >= 0.6 is 22.9 Å². The van der Waals surface area contributed by atoms with Crippen LogP contribution in [0.4, 0.5) is 0 Å². The number of thiazole rings is 1. The molecule has 0 unspecified atom stereocenters. The monoisotopic (exact) mass is 485 g/mol. The lowest BCUT2D eigenvalue weighted by molar-refractivity contribution is -0.115. The maximum absolute atomic E-state index is 13.4. The lowest BCUT2D eigenvalue weighted by Crippen LogP contribution is -2.34. The van der Waals surface area contributed by atoms with Crippen molar-refractivity contribution in [1.29, 1.82) is 5.26 Å². The SMILES string of the molecule is N#CC(C(=O)NCCc1ccccc1)=c1sc(=Cc2ccc(Cl)cc2)c(=O)n1-c1ccccc1. The third kappa shape index (κ3) is 5.34. The first-order valence-corrected chi connectivity index (χ1v) is 11.8. The van der Waals surface area contributed by atoms with E-state index in [1.165, 1.54) is 4.57 Å². The van der Waals surface area contributed by atoms with Crippen LogP contribution in [0.5, 0.6) is 0 Å². The number of benzene rings is 3. The van der Waals surface area contributed by atoms with Gasteiger partial charge in [0.05, 0.1) is 10.2 Å². The summed E-state index contributed by atoms with van der Waals surface area (Å²) in [6.45, 7) is 0.374. The zero-order valence-corrected chi connectivity index (χ0v) is 19.6. The van der Waals surface area contributed by atoms with Crippen LogP contribution in [0, 0.1) is 11.3 Å². The summed E-state index contributed by atoms with van der Waals surface area (Å²) in [6.07, 6.45) is 2.37. The maximum Gasteiger partial charge on any atom is 0.273 e. The quantitative estimate of drug-likeness (QED) is 0.454. The average molecular weight is 486 g/mol. The number of hydrogen-bond acceptors (Lipinski definition) is 4. The molecule has 0 aliphatic heterocycles. The number of carbonyl (C=O) groups is 1. The van der Waals surface area contributed by atoms with Gasteiger partial charge < -0.3 is 5.32 Å². The summed E-state index contributed by atoms with van der Waals surface area (Å²) in [7, 11) is 0. The van der Waals surface area contributed by atoms with E-state index in [1.807, 2.05) is 42.5 Å². The molecule has 0 saturated carbocycles. The van der Waals surface area contributed by atoms with Crippen molar-refractivity contribution < 1.29 is 4.79 Å². The number of hydrogen-bond donors (Lipinski definition) is 1. The second-order valence-electron chi connectivity index (χ2n) is 7.42. The first-order chi connectivity index (χ1) is 16.6. The van der Waals surface area contributed by atoms with E-state index in [-0.39, 0.29) is 15.8 Å². The molecule has 0 aliphatic rings. The minimum atomic E-state index is -0.512. The van der Waals surface area contributed by atoms with Gasteiger partial charge in [-0.15, -0.1) is 11.3 Å². The van der Waals surface area contributed by atoms with Gasteiger partial charge in [-0.1, -0.05) is 72.3 Å². The van der Waals surface area contributed by atoms with E-state index in [9.17, 15) is 14.9 Å². The van der Waals surface area contributed by atoms with Crippen LogP contribution in [-0.4, -0.2) is 17.0 Å². The molecule has 1 amide bonds. The minimum absolute atomic E-state index is 0.102. The number of nitrogens with zero attached hydrogens (tertiary/aromatic N) is 2. The smallest absolute Gasteiger partial charge is 0.273 e. The van der Waals surface area contributed by atoms with Crippen LogP contribution in [0.1, 0.15) is 11.1 Å². The zero-order valence-electron chi connectivity index (χ0n) is 18.1. The van der Waals surface area contributed by atoms with Crippen molar-refractivity contribution in [2.24, 2.45) is 0 Å². The molecule has 168 valence electrons. The van der Waals surface area contributed by atoms with Crippen LogP contribution in [0.3, 0.4) is 0 Å². The Morgan fingerprint density at radius 2 is 1.65 bits per heavy atom.